The van der Waals surface area contributed by atoms with Crippen molar-refractivity contribution in [1.29, 1.82) is 0 Å². The Morgan fingerprint density at radius 2 is 1.35 bits per heavy atom. The van der Waals surface area contributed by atoms with E-state index in [0.29, 0.717) is 0 Å². The van der Waals surface area contributed by atoms with Gasteiger partial charge in [0.25, 0.3) is 0 Å². The summed E-state index contributed by atoms with van der Waals surface area (Å²) in [5.41, 5.74) is 0. The fraction of sp³-hybridized carbons (Fsp3) is 1.00. The molecule has 0 spiro atoms. The van der Waals surface area contributed by atoms with Crippen LogP contribution in [-0.4, -0.2) is 110 Å². The minimum atomic E-state index is -1.66. The molecule has 0 aromatic heterocycles. The lowest BCUT2D eigenvalue weighted by Gasteiger charge is -2.45. The first-order valence-corrected chi connectivity index (χ1v) is 7.40. The van der Waals surface area contributed by atoms with E-state index in [9.17, 15) is 30.6 Å². The van der Waals surface area contributed by atoms with Gasteiger partial charge in [0, 0.05) is 0 Å². The van der Waals surface area contributed by atoms with Crippen LogP contribution >= 0.6 is 0 Å². The van der Waals surface area contributed by atoms with Gasteiger partial charge in [-0.2, -0.15) is 0 Å². The number of ether oxygens (including phenoxy) is 3. The summed E-state index contributed by atoms with van der Waals surface area (Å²) in [7, 11) is 0. The smallest absolute Gasteiger partial charge is 0.187 e. The van der Waals surface area contributed by atoms with Gasteiger partial charge in [-0.3, -0.25) is 0 Å². The van der Waals surface area contributed by atoms with E-state index in [1.807, 2.05) is 0 Å². The maximum atomic E-state index is 10.1. The molecule has 4 unspecified atom stereocenters. The average Bonchev–Trinajstić information content (AvgIpc) is 2.55. The highest BCUT2D eigenvalue weighted by Crippen LogP contribution is 2.28. The molecule has 10 nitrogen and oxygen atoms in total. The Balaban J connectivity index is 2.11. The fourth-order valence-electron chi connectivity index (χ4n) is 2.78. The SMILES string of the molecule is C[C@@H]1OC(CO)[C@@H](O[C@H]2OC(CO)[C@@H](O)[C@H](O)C2O)[C@H](O)C1O. The van der Waals surface area contributed by atoms with E-state index in [1.54, 1.807) is 0 Å². The van der Waals surface area contributed by atoms with E-state index in [0.717, 1.165) is 0 Å². The van der Waals surface area contributed by atoms with E-state index in [2.05, 4.69) is 0 Å². The minimum Gasteiger partial charge on any atom is -0.394 e. The van der Waals surface area contributed by atoms with Crippen molar-refractivity contribution in [3.63, 3.8) is 0 Å². The Morgan fingerprint density at radius 3 is 1.91 bits per heavy atom. The molecule has 0 radical (unpaired) electrons. The van der Waals surface area contributed by atoms with Crippen molar-refractivity contribution >= 4 is 0 Å². The molecule has 0 saturated carbocycles. The first-order chi connectivity index (χ1) is 10.8. The summed E-state index contributed by atoms with van der Waals surface area (Å²) in [5.74, 6) is 0. The maximum absolute atomic E-state index is 10.1. The normalized spacial score (nSPS) is 51.7. The van der Waals surface area contributed by atoms with Crippen molar-refractivity contribution in [1.82, 2.24) is 0 Å². The molecular formula is C13H24O10. The van der Waals surface area contributed by atoms with Gasteiger partial charge in [-0.05, 0) is 6.92 Å². The van der Waals surface area contributed by atoms with Crippen molar-refractivity contribution in [3.05, 3.63) is 0 Å². The van der Waals surface area contributed by atoms with Crippen molar-refractivity contribution in [2.24, 2.45) is 0 Å². The van der Waals surface area contributed by atoms with Gasteiger partial charge in [-0.25, -0.2) is 0 Å². The number of aliphatic hydroxyl groups is 7. The molecule has 7 N–H and O–H groups in total. The van der Waals surface area contributed by atoms with Crippen LogP contribution in [0, 0.1) is 0 Å². The van der Waals surface area contributed by atoms with E-state index in [-0.39, 0.29) is 0 Å². The Hall–Kier alpha value is -0.400. The van der Waals surface area contributed by atoms with Gasteiger partial charge in [0.05, 0.1) is 19.3 Å². The highest BCUT2D eigenvalue weighted by Gasteiger charge is 2.49. The Kier molecular flexibility index (Phi) is 6.30. The molecule has 2 aliphatic rings. The van der Waals surface area contributed by atoms with Gasteiger partial charge in [0.2, 0.25) is 0 Å². The summed E-state index contributed by atoms with van der Waals surface area (Å²) in [5, 5.41) is 67.8. The predicted octanol–water partition coefficient (Wildman–Crippen LogP) is -4.33. The van der Waals surface area contributed by atoms with Gasteiger partial charge < -0.3 is 50.0 Å². The molecule has 2 heterocycles. The highest BCUT2D eigenvalue weighted by atomic mass is 16.7. The lowest BCUT2D eigenvalue weighted by molar-refractivity contribution is -0.341. The molecule has 2 fully saturated rings. The number of aliphatic hydroxyl groups excluding tert-OH is 7. The van der Waals surface area contributed by atoms with Gasteiger partial charge in [-0.15, -0.1) is 0 Å². The van der Waals surface area contributed by atoms with Crippen molar-refractivity contribution in [3.8, 4) is 0 Å². The highest BCUT2D eigenvalue weighted by molar-refractivity contribution is 4.94. The first-order valence-electron chi connectivity index (χ1n) is 7.40. The monoisotopic (exact) mass is 340 g/mol. The lowest BCUT2D eigenvalue weighted by Crippen LogP contribution is -2.64. The van der Waals surface area contributed by atoms with E-state index >= 15 is 0 Å². The van der Waals surface area contributed by atoms with Gasteiger partial charge in [0.1, 0.15) is 48.8 Å². The Bertz CT molecular complexity index is 378. The van der Waals surface area contributed by atoms with Crippen LogP contribution in [0.15, 0.2) is 0 Å². The molecule has 0 aromatic carbocycles. The Morgan fingerprint density at radius 1 is 0.739 bits per heavy atom. The predicted molar refractivity (Wildman–Crippen MR) is 72.1 cm³/mol. The van der Waals surface area contributed by atoms with E-state index in [4.69, 9.17) is 19.3 Å². The van der Waals surface area contributed by atoms with Crippen molar-refractivity contribution < 1.29 is 50.0 Å². The van der Waals surface area contributed by atoms with Crippen molar-refractivity contribution in [2.75, 3.05) is 13.2 Å². The molecule has 0 aromatic rings. The quantitative estimate of drug-likeness (QED) is 0.265. The maximum Gasteiger partial charge on any atom is 0.187 e. The molecule has 0 amide bonds. The van der Waals surface area contributed by atoms with Gasteiger partial charge >= 0.3 is 0 Å². The zero-order valence-corrected chi connectivity index (χ0v) is 12.5. The number of rotatable bonds is 4. The second kappa shape index (κ2) is 7.66. The van der Waals surface area contributed by atoms with Gasteiger partial charge in [-0.1, -0.05) is 0 Å². The molecule has 136 valence electrons. The van der Waals surface area contributed by atoms with Crippen LogP contribution in [0.2, 0.25) is 0 Å². The Labute approximate surface area is 132 Å². The molecule has 10 heteroatoms. The summed E-state index contributed by atoms with van der Waals surface area (Å²) in [6, 6.07) is 0. The molecule has 10 atom stereocenters. The third-order valence-corrected chi connectivity index (χ3v) is 4.24. The topological polar surface area (TPSA) is 169 Å². The van der Waals surface area contributed by atoms with Crippen LogP contribution in [0.25, 0.3) is 0 Å². The summed E-state index contributed by atoms with van der Waals surface area (Å²) in [6.45, 7) is 0.369. The van der Waals surface area contributed by atoms with Crippen LogP contribution in [-0.2, 0) is 14.2 Å². The molecule has 2 aliphatic heterocycles. The molecular weight excluding hydrogens is 316 g/mol. The minimum absolute atomic E-state index is 0.518. The van der Waals surface area contributed by atoms with Crippen LogP contribution in [0.4, 0.5) is 0 Å². The zero-order chi connectivity index (χ0) is 17.3. The standard InChI is InChI=1S/C13H24O10/c1-4-7(16)10(19)12(6(3-15)21-4)23-13-11(20)9(18)8(17)5(2-14)22-13/h4-20H,2-3H2,1H3/t4-,5?,6?,7?,8+,9-,10+,11?,12+,13+/m0/s1. The van der Waals surface area contributed by atoms with Crippen LogP contribution in [0.1, 0.15) is 6.92 Å². The lowest BCUT2D eigenvalue weighted by atomic mass is 9.95. The number of hydrogen-bond donors (Lipinski definition) is 7. The van der Waals surface area contributed by atoms with Crippen LogP contribution in [0.5, 0.6) is 0 Å². The first kappa shape index (κ1) is 18.9. The zero-order valence-electron chi connectivity index (χ0n) is 12.5. The van der Waals surface area contributed by atoms with Crippen molar-refractivity contribution in [2.45, 2.75) is 68.1 Å². The largest absolute Gasteiger partial charge is 0.394 e. The summed E-state index contributed by atoms with van der Waals surface area (Å²) < 4.78 is 15.9. The van der Waals surface area contributed by atoms with E-state index in [1.165, 1.54) is 6.92 Å². The third kappa shape index (κ3) is 3.66. The van der Waals surface area contributed by atoms with Gasteiger partial charge in [0.15, 0.2) is 6.29 Å². The molecule has 2 rings (SSSR count). The third-order valence-electron chi connectivity index (χ3n) is 4.24. The summed E-state index contributed by atoms with van der Waals surface area (Å²) in [4.78, 5) is 0. The fourth-order valence-corrected chi connectivity index (χ4v) is 2.78. The molecule has 0 bridgehead atoms. The van der Waals surface area contributed by atoms with E-state index < -0.39 is 74.4 Å². The molecule has 0 aliphatic carbocycles. The molecule has 2 saturated heterocycles. The summed E-state index contributed by atoms with van der Waals surface area (Å²) >= 11 is 0. The average molecular weight is 340 g/mol. The summed E-state index contributed by atoms with van der Waals surface area (Å²) in [6.07, 6.45) is -13.2. The van der Waals surface area contributed by atoms with Crippen LogP contribution in [0.3, 0.4) is 0 Å². The number of hydrogen-bond acceptors (Lipinski definition) is 10. The molecule has 23 heavy (non-hydrogen) atoms. The second-order valence-corrected chi connectivity index (χ2v) is 5.84. The second-order valence-electron chi connectivity index (χ2n) is 5.84. The van der Waals surface area contributed by atoms with Crippen LogP contribution < -0.4 is 0 Å².